The molecule has 0 saturated heterocycles. The molecular formula is C21H19FO2S. The summed E-state index contributed by atoms with van der Waals surface area (Å²) >= 11 is 1.44. The van der Waals surface area contributed by atoms with Crippen LogP contribution in [0.15, 0.2) is 42.5 Å². The molecule has 0 amide bonds. The molecule has 0 atom stereocenters. The average Bonchev–Trinajstić information content (AvgIpc) is 3.01. The summed E-state index contributed by atoms with van der Waals surface area (Å²) in [6.07, 6.45) is 5.30. The zero-order chi connectivity index (χ0) is 17.4. The van der Waals surface area contributed by atoms with Crippen LogP contribution in [0.2, 0.25) is 0 Å². The molecule has 0 spiro atoms. The first-order valence-corrected chi connectivity index (χ1v) is 9.51. The third-order valence-corrected chi connectivity index (χ3v) is 6.17. The first kappa shape index (κ1) is 16.3. The van der Waals surface area contributed by atoms with E-state index in [9.17, 15) is 14.3 Å². The van der Waals surface area contributed by atoms with Crippen molar-refractivity contribution in [3.05, 3.63) is 53.2 Å². The molecule has 0 aliphatic heterocycles. The highest BCUT2D eigenvalue weighted by atomic mass is 32.1. The first-order chi connectivity index (χ1) is 12.1. The van der Waals surface area contributed by atoms with Gasteiger partial charge in [0.05, 0.1) is 4.88 Å². The Balaban J connectivity index is 1.88. The Morgan fingerprint density at radius 2 is 1.76 bits per heavy atom. The molecule has 3 aromatic rings. The van der Waals surface area contributed by atoms with E-state index in [1.165, 1.54) is 29.9 Å². The molecule has 0 unspecified atom stereocenters. The molecule has 4 rings (SSSR count). The van der Waals surface area contributed by atoms with Crippen LogP contribution in [0.25, 0.3) is 21.2 Å². The van der Waals surface area contributed by atoms with Crippen LogP contribution in [0.5, 0.6) is 5.75 Å². The highest BCUT2D eigenvalue weighted by molar-refractivity contribution is 7.21. The average molecular weight is 354 g/mol. The van der Waals surface area contributed by atoms with E-state index in [0.29, 0.717) is 0 Å². The van der Waals surface area contributed by atoms with E-state index < -0.39 is 0 Å². The highest BCUT2D eigenvalue weighted by Gasteiger charge is 2.27. The lowest BCUT2D eigenvalue weighted by Gasteiger charge is -2.20. The van der Waals surface area contributed by atoms with Gasteiger partial charge in [0.25, 0.3) is 0 Å². The van der Waals surface area contributed by atoms with Crippen molar-refractivity contribution in [3.63, 3.8) is 0 Å². The molecule has 0 bridgehead atoms. The molecule has 1 N–H and O–H groups in total. The van der Waals surface area contributed by atoms with Crippen molar-refractivity contribution in [2.24, 2.45) is 5.92 Å². The molecule has 1 aromatic heterocycles. The lowest BCUT2D eigenvalue weighted by atomic mass is 9.84. The maximum absolute atomic E-state index is 13.3. The minimum atomic E-state index is -0.291. The minimum absolute atomic E-state index is 0.0783. The fourth-order valence-electron chi connectivity index (χ4n) is 3.71. The number of ketones is 1. The normalized spacial score (nSPS) is 15.6. The largest absolute Gasteiger partial charge is 0.508 e. The number of Topliss-reactive ketones (excluding diaryl/α,β-unsaturated/α-hetero) is 1. The fraction of sp³-hybridized carbons (Fsp3) is 0.286. The summed E-state index contributed by atoms with van der Waals surface area (Å²) in [6.45, 7) is 0. The van der Waals surface area contributed by atoms with E-state index in [1.54, 1.807) is 24.3 Å². The van der Waals surface area contributed by atoms with Gasteiger partial charge in [-0.3, -0.25) is 4.79 Å². The number of halogens is 1. The Kier molecular flexibility index (Phi) is 4.30. The van der Waals surface area contributed by atoms with E-state index in [-0.39, 0.29) is 23.3 Å². The van der Waals surface area contributed by atoms with E-state index in [0.717, 1.165) is 51.8 Å². The van der Waals surface area contributed by atoms with Crippen molar-refractivity contribution in [2.75, 3.05) is 0 Å². The van der Waals surface area contributed by atoms with Crippen molar-refractivity contribution in [2.45, 2.75) is 32.1 Å². The number of fused-ring (bicyclic) bond motifs is 1. The predicted molar refractivity (Wildman–Crippen MR) is 99.8 cm³/mol. The molecule has 128 valence electrons. The van der Waals surface area contributed by atoms with E-state index >= 15 is 0 Å². The highest BCUT2D eigenvalue weighted by Crippen LogP contribution is 2.42. The van der Waals surface area contributed by atoms with Gasteiger partial charge in [0.15, 0.2) is 5.78 Å². The van der Waals surface area contributed by atoms with Gasteiger partial charge in [-0.25, -0.2) is 4.39 Å². The maximum Gasteiger partial charge on any atom is 0.176 e. The third kappa shape index (κ3) is 3.07. The number of carbonyl (C=O) groups excluding carboxylic acids is 1. The van der Waals surface area contributed by atoms with Crippen LogP contribution in [0.4, 0.5) is 4.39 Å². The summed E-state index contributed by atoms with van der Waals surface area (Å²) in [5.41, 5.74) is 1.72. The monoisotopic (exact) mass is 354 g/mol. The lowest BCUT2D eigenvalue weighted by molar-refractivity contribution is 0.0894. The van der Waals surface area contributed by atoms with Gasteiger partial charge in [-0.2, -0.15) is 0 Å². The molecule has 1 saturated carbocycles. The predicted octanol–water partition coefficient (Wildman–Crippen LogP) is 6.18. The summed E-state index contributed by atoms with van der Waals surface area (Å²) in [7, 11) is 0. The van der Waals surface area contributed by atoms with Crippen LogP contribution in [-0.4, -0.2) is 10.9 Å². The number of phenols is 1. The summed E-state index contributed by atoms with van der Waals surface area (Å²) in [6, 6.07) is 11.5. The Labute approximate surface area is 149 Å². The van der Waals surface area contributed by atoms with Crippen molar-refractivity contribution >= 4 is 27.2 Å². The zero-order valence-electron chi connectivity index (χ0n) is 13.8. The number of rotatable bonds is 3. The molecule has 1 aliphatic carbocycles. The van der Waals surface area contributed by atoms with Crippen LogP contribution in [0.3, 0.4) is 0 Å². The molecule has 2 aromatic carbocycles. The van der Waals surface area contributed by atoms with Gasteiger partial charge in [0, 0.05) is 21.6 Å². The van der Waals surface area contributed by atoms with Gasteiger partial charge in [0.1, 0.15) is 11.6 Å². The van der Waals surface area contributed by atoms with Gasteiger partial charge in [-0.05, 0) is 48.7 Å². The van der Waals surface area contributed by atoms with E-state index in [1.807, 2.05) is 6.07 Å². The number of hydrogen-bond acceptors (Lipinski definition) is 3. The molecule has 25 heavy (non-hydrogen) atoms. The summed E-state index contributed by atoms with van der Waals surface area (Å²) in [5.74, 6) is 0.173. The number of thiophene rings is 1. The van der Waals surface area contributed by atoms with Crippen molar-refractivity contribution in [1.82, 2.24) is 0 Å². The van der Waals surface area contributed by atoms with Crippen LogP contribution in [0.1, 0.15) is 41.8 Å². The molecule has 0 radical (unpaired) electrons. The smallest absolute Gasteiger partial charge is 0.176 e. The Bertz CT molecular complexity index is 921. The number of hydrogen-bond donors (Lipinski definition) is 1. The van der Waals surface area contributed by atoms with Gasteiger partial charge >= 0.3 is 0 Å². The zero-order valence-corrected chi connectivity index (χ0v) is 14.6. The summed E-state index contributed by atoms with van der Waals surface area (Å²) in [5, 5.41) is 10.7. The fourth-order valence-corrected chi connectivity index (χ4v) is 4.99. The van der Waals surface area contributed by atoms with Gasteiger partial charge in [0.2, 0.25) is 0 Å². The second kappa shape index (κ2) is 6.60. The van der Waals surface area contributed by atoms with E-state index in [2.05, 4.69) is 0 Å². The van der Waals surface area contributed by atoms with Crippen molar-refractivity contribution < 1.29 is 14.3 Å². The number of aromatic hydroxyl groups is 1. The number of carbonyl (C=O) groups is 1. The van der Waals surface area contributed by atoms with Crippen LogP contribution in [-0.2, 0) is 0 Å². The molecule has 4 heteroatoms. The second-order valence-electron chi connectivity index (χ2n) is 6.69. The van der Waals surface area contributed by atoms with Crippen molar-refractivity contribution in [3.8, 4) is 16.9 Å². The van der Waals surface area contributed by atoms with Crippen LogP contribution < -0.4 is 0 Å². The summed E-state index contributed by atoms with van der Waals surface area (Å²) in [4.78, 5) is 13.9. The molecular weight excluding hydrogens is 335 g/mol. The topological polar surface area (TPSA) is 37.3 Å². The first-order valence-electron chi connectivity index (χ1n) is 8.69. The quantitative estimate of drug-likeness (QED) is 0.571. The van der Waals surface area contributed by atoms with E-state index in [4.69, 9.17) is 0 Å². The molecule has 1 aliphatic rings. The molecule has 1 heterocycles. The standard InChI is InChI=1S/C21H19FO2S/c22-15-8-6-13(7-9-15)19-17-11-10-16(23)12-18(17)25-21(19)20(24)14-4-2-1-3-5-14/h6-12,14,23H,1-5H2. The number of phenolic OH excluding ortho intramolecular Hbond substituents is 1. The number of benzene rings is 2. The summed E-state index contributed by atoms with van der Waals surface area (Å²) < 4.78 is 14.2. The Hall–Kier alpha value is -2.20. The minimum Gasteiger partial charge on any atom is -0.508 e. The third-order valence-electron chi connectivity index (χ3n) is 5.01. The second-order valence-corrected chi connectivity index (χ2v) is 7.74. The van der Waals surface area contributed by atoms with Crippen LogP contribution in [0, 0.1) is 11.7 Å². The molecule has 1 fully saturated rings. The van der Waals surface area contributed by atoms with Crippen molar-refractivity contribution in [1.29, 1.82) is 0 Å². The van der Waals surface area contributed by atoms with Gasteiger partial charge in [-0.1, -0.05) is 31.4 Å². The Morgan fingerprint density at radius 1 is 1.04 bits per heavy atom. The van der Waals surface area contributed by atoms with Crippen LogP contribution >= 0.6 is 11.3 Å². The molecule has 2 nitrogen and oxygen atoms in total. The van der Waals surface area contributed by atoms with Gasteiger partial charge in [-0.15, -0.1) is 11.3 Å². The Morgan fingerprint density at radius 3 is 2.48 bits per heavy atom. The SMILES string of the molecule is O=C(c1sc2cc(O)ccc2c1-c1ccc(F)cc1)C1CCCCC1. The van der Waals surface area contributed by atoms with Gasteiger partial charge < -0.3 is 5.11 Å². The lowest BCUT2D eigenvalue weighted by Crippen LogP contribution is -2.17. The maximum atomic E-state index is 13.3.